The van der Waals surface area contributed by atoms with Gasteiger partial charge in [-0.2, -0.15) is 13.2 Å². The van der Waals surface area contributed by atoms with E-state index in [2.05, 4.69) is 0 Å². The van der Waals surface area contributed by atoms with Crippen LogP contribution in [-0.4, -0.2) is 28.7 Å². The fourth-order valence-corrected chi connectivity index (χ4v) is 2.37. The molecular formula is C16H12ClF3N2O4. The fraction of sp³-hybridized carbons (Fsp3) is 0.188. The Morgan fingerprint density at radius 1 is 1.19 bits per heavy atom. The molecule has 0 aliphatic heterocycles. The molecule has 0 radical (unpaired) electrons. The van der Waals surface area contributed by atoms with Crippen LogP contribution in [0.4, 0.5) is 18.9 Å². The summed E-state index contributed by atoms with van der Waals surface area (Å²) < 4.78 is 40.1. The lowest BCUT2D eigenvalue weighted by Gasteiger charge is -2.31. The summed E-state index contributed by atoms with van der Waals surface area (Å²) in [5.74, 6) is -1.02. The first-order chi connectivity index (χ1) is 12.1. The Kier molecular flexibility index (Phi) is 5.53. The molecule has 0 bridgehead atoms. The molecule has 2 aromatic rings. The number of nitro benzene ring substituents is 1. The Morgan fingerprint density at radius 3 is 2.35 bits per heavy atom. The van der Waals surface area contributed by atoms with Gasteiger partial charge in [0.25, 0.3) is 11.6 Å². The van der Waals surface area contributed by atoms with Crippen molar-refractivity contribution in [3.8, 4) is 0 Å². The van der Waals surface area contributed by atoms with Crippen LogP contribution in [0.5, 0.6) is 0 Å². The number of hydrogen-bond acceptors (Lipinski definition) is 4. The van der Waals surface area contributed by atoms with Crippen LogP contribution in [0, 0.1) is 10.1 Å². The van der Waals surface area contributed by atoms with Gasteiger partial charge in [0.15, 0.2) is 0 Å². The van der Waals surface area contributed by atoms with Crippen LogP contribution >= 0.6 is 11.6 Å². The molecule has 0 heterocycles. The summed E-state index contributed by atoms with van der Waals surface area (Å²) in [5.41, 5.74) is -4.59. The largest absolute Gasteiger partial charge is 0.423 e. The molecule has 2 aromatic carbocycles. The summed E-state index contributed by atoms with van der Waals surface area (Å²) in [6.45, 7) is -1.17. The maximum absolute atomic E-state index is 13.4. The van der Waals surface area contributed by atoms with Gasteiger partial charge in [0, 0.05) is 11.6 Å². The van der Waals surface area contributed by atoms with E-state index < -0.39 is 40.4 Å². The number of nitrogens with one attached hydrogen (secondary N) is 1. The number of alkyl halides is 3. The van der Waals surface area contributed by atoms with E-state index in [0.717, 1.165) is 30.3 Å². The van der Waals surface area contributed by atoms with Crippen LogP contribution in [0.3, 0.4) is 0 Å². The third-order valence-electron chi connectivity index (χ3n) is 3.63. The van der Waals surface area contributed by atoms with Gasteiger partial charge in [0.1, 0.15) is 5.02 Å². The zero-order chi connectivity index (χ0) is 19.5. The Balaban J connectivity index is 2.26. The average Bonchev–Trinajstić information content (AvgIpc) is 2.59. The predicted molar refractivity (Wildman–Crippen MR) is 86.8 cm³/mol. The van der Waals surface area contributed by atoms with E-state index in [-0.39, 0.29) is 10.6 Å². The average molecular weight is 389 g/mol. The summed E-state index contributed by atoms with van der Waals surface area (Å²) in [6, 6.07) is 9.31. The number of aliphatic hydroxyl groups is 1. The van der Waals surface area contributed by atoms with E-state index in [1.165, 1.54) is 18.2 Å². The third-order valence-corrected chi connectivity index (χ3v) is 3.95. The van der Waals surface area contributed by atoms with E-state index in [4.69, 9.17) is 11.6 Å². The second kappa shape index (κ2) is 7.30. The summed E-state index contributed by atoms with van der Waals surface area (Å²) in [6.07, 6.45) is -5.06. The van der Waals surface area contributed by atoms with Crippen molar-refractivity contribution in [3.05, 3.63) is 74.8 Å². The third kappa shape index (κ3) is 3.94. The van der Waals surface area contributed by atoms with Crippen molar-refractivity contribution in [1.82, 2.24) is 5.32 Å². The molecular weight excluding hydrogens is 377 g/mol. The molecule has 2 N–H and O–H groups in total. The first-order valence-corrected chi connectivity index (χ1v) is 7.51. The topological polar surface area (TPSA) is 92.5 Å². The molecule has 0 aliphatic rings. The van der Waals surface area contributed by atoms with E-state index in [0.29, 0.717) is 0 Å². The van der Waals surface area contributed by atoms with E-state index in [1.54, 1.807) is 0 Å². The van der Waals surface area contributed by atoms with Crippen molar-refractivity contribution in [1.29, 1.82) is 0 Å². The Bertz CT molecular complexity index is 830. The van der Waals surface area contributed by atoms with Crippen LogP contribution in [-0.2, 0) is 5.60 Å². The van der Waals surface area contributed by atoms with Crippen LogP contribution < -0.4 is 5.32 Å². The number of amides is 1. The maximum Gasteiger partial charge on any atom is 0.423 e. The molecule has 0 aliphatic carbocycles. The van der Waals surface area contributed by atoms with Gasteiger partial charge in [-0.3, -0.25) is 14.9 Å². The van der Waals surface area contributed by atoms with Gasteiger partial charge in [-0.15, -0.1) is 0 Å². The number of carbonyl (C=O) groups excluding carboxylic acids is 1. The molecule has 2 rings (SSSR count). The number of nitrogens with zero attached hydrogens (tertiary/aromatic N) is 1. The Labute approximate surface area is 150 Å². The first-order valence-electron chi connectivity index (χ1n) is 7.13. The number of nitro groups is 1. The number of hydrogen-bond donors (Lipinski definition) is 2. The van der Waals surface area contributed by atoms with Crippen LogP contribution in [0.1, 0.15) is 15.9 Å². The minimum atomic E-state index is -5.06. The highest BCUT2D eigenvalue weighted by Gasteiger charge is 2.55. The fourth-order valence-electron chi connectivity index (χ4n) is 2.18. The zero-order valence-corrected chi connectivity index (χ0v) is 13.7. The van der Waals surface area contributed by atoms with Gasteiger partial charge < -0.3 is 10.4 Å². The van der Waals surface area contributed by atoms with E-state index in [1.807, 2.05) is 5.32 Å². The lowest BCUT2D eigenvalue weighted by molar-refractivity contribution is -0.384. The molecule has 6 nitrogen and oxygen atoms in total. The molecule has 0 saturated carbocycles. The minimum absolute atomic E-state index is 0.220. The molecule has 1 unspecified atom stereocenters. The standard InChI is InChI=1S/C16H12ClF3N2O4/c17-12-7-6-10(8-13(12)22(25)26)14(23)21-9-15(24,16(18,19)20)11-4-2-1-3-5-11/h1-8,24H,9H2,(H,21,23). The highest BCUT2D eigenvalue weighted by molar-refractivity contribution is 6.32. The zero-order valence-electron chi connectivity index (χ0n) is 13.0. The Morgan fingerprint density at radius 2 is 1.81 bits per heavy atom. The molecule has 0 fully saturated rings. The van der Waals surface area contributed by atoms with Gasteiger partial charge >= 0.3 is 6.18 Å². The number of rotatable bonds is 5. The monoisotopic (exact) mass is 388 g/mol. The lowest BCUT2D eigenvalue weighted by Crippen LogP contribution is -2.51. The van der Waals surface area contributed by atoms with E-state index >= 15 is 0 Å². The normalized spacial score (nSPS) is 13.7. The van der Waals surface area contributed by atoms with Crippen molar-refractivity contribution < 1.29 is 28.0 Å². The van der Waals surface area contributed by atoms with Crippen molar-refractivity contribution in [2.24, 2.45) is 0 Å². The van der Waals surface area contributed by atoms with Gasteiger partial charge in [-0.1, -0.05) is 41.9 Å². The highest BCUT2D eigenvalue weighted by Crippen LogP contribution is 2.38. The van der Waals surface area contributed by atoms with Crippen LogP contribution in [0.15, 0.2) is 48.5 Å². The van der Waals surface area contributed by atoms with Crippen molar-refractivity contribution in [3.63, 3.8) is 0 Å². The molecule has 0 saturated heterocycles. The Hall–Kier alpha value is -2.65. The van der Waals surface area contributed by atoms with Crippen molar-refractivity contribution >= 4 is 23.2 Å². The second-order valence-electron chi connectivity index (χ2n) is 5.33. The second-order valence-corrected chi connectivity index (χ2v) is 5.74. The molecule has 0 spiro atoms. The van der Waals surface area contributed by atoms with Gasteiger partial charge in [0.2, 0.25) is 5.60 Å². The molecule has 10 heteroatoms. The molecule has 26 heavy (non-hydrogen) atoms. The summed E-state index contributed by atoms with van der Waals surface area (Å²) >= 11 is 5.62. The van der Waals surface area contributed by atoms with Gasteiger partial charge in [-0.05, 0) is 17.7 Å². The smallest absolute Gasteiger partial charge is 0.375 e. The van der Waals surface area contributed by atoms with Crippen LogP contribution in [0.2, 0.25) is 5.02 Å². The maximum atomic E-state index is 13.4. The molecule has 1 atom stereocenters. The molecule has 138 valence electrons. The summed E-state index contributed by atoms with van der Waals surface area (Å²) in [7, 11) is 0. The number of carbonyl (C=O) groups is 1. The molecule has 0 aromatic heterocycles. The van der Waals surface area contributed by atoms with Crippen molar-refractivity contribution in [2.75, 3.05) is 6.54 Å². The lowest BCUT2D eigenvalue weighted by atomic mass is 9.93. The number of halogens is 4. The van der Waals surface area contributed by atoms with Crippen molar-refractivity contribution in [2.45, 2.75) is 11.8 Å². The summed E-state index contributed by atoms with van der Waals surface area (Å²) in [4.78, 5) is 22.1. The van der Waals surface area contributed by atoms with E-state index in [9.17, 15) is 33.2 Å². The predicted octanol–water partition coefficient (Wildman–Crippen LogP) is 3.43. The quantitative estimate of drug-likeness (QED) is 0.606. The summed E-state index contributed by atoms with van der Waals surface area (Å²) in [5, 5.41) is 22.7. The van der Waals surface area contributed by atoms with Crippen LogP contribution in [0.25, 0.3) is 0 Å². The van der Waals surface area contributed by atoms with Gasteiger partial charge in [0.05, 0.1) is 11.5 Å². The minimum Gasteiger partial charge on any atom is -0.375 e. The molecule has 1 amide bonds. The number of benzene rings is 2. The van der Waals surface area contributed by atoms with Gasteiger partial charge in [-0.25, -0.2) is 0 Å². The first kappa shape index (κ1) is 19.7. The SMILES string of the molecule is O=C(NCC(O)(c1ccccc1)C(F)(F)F)c1ccc(Cl)c([N+](=O)[O-])c1. The highest BCUT2D eigenvalue weighted by atomic mass is 35.5.